The third-order valence-electron chi connectivity index (χ3n) is 3.59. The molecule has 0 saturated carbocycles. The minimum Gasteiger partial charge on any atom is -0.229 e. The Morgan fingerprint density at radius 1 is 1.24 bits per heavy atom. The molecule has 0 amide bonds. The van der Waals surface area contributed by atoms with Crippen molar-refractivity contribution in [3.8, 4) is 0 Å². The highest BCUT2D eigenvalue weighted by atomic mass is 35.5. The number of alkyl halides is 1. The molecule has 1 aromatic carbocycles. The topological polar surface area (TPSA) is 71.5 Å². The summed E-state index contributed by atoms with van der Waals surface area (Å²) in [5.41, 5.74) is 1.45. The molecule has 21 heavy (non-hydrogen) atoms. The highest BCUT2D eigenvalue weighted by Crippen LogP contribution is 2.24. The van der Waals surface area contributed by atoms with Crippen molar-refractivity contribution in [1.29, 1.82) is 0 Å². The van der Waals surface area contributed by atoms with Crippen molar-refractivity contribution < 1.29 is 16.8 Å². The molecule has 0 atom stereocenters. The molecular formula is C13H18ClNO4S2. The third kappa shape index (κ3) is 3.59. The van der Waals surface area contributed by atoms with E-state index < -0.39 is 19.9 Å². The van der Waals surface area contributed by atoms with Gasteiger partial charge in [-0.15, -0.1) is 11.6 Å². The van der Waals surface area contributed by atoms with E-state index >= 15 is 0 Å². The lowest BCUT2D eigenvalue weighted by atomic mass is 10.1. The predicted molar refractivity (Wildman–Crippen MR) is 82.8 cm³/mol. The zero-order valence-corrected chi connectivity index (χ0v) is 14.1. The molecule has 0 spiro atoms. The molecule has 0 bridgehead atoms. The van der Waals surface area contributed by atoms with Crippen LogP contribution in [-0.4, -0.2) is 45.7 Å². The maximum Gasteiger partial charge on any atom is 0.243 e. The van der Waals surface area contributed by atoms with E-state index in [1.165, 1.54) is 4.31 Å². The first kappa shape index (κ1) is 16.7. The van der Waals surface area contributed by atoms with E-state index in [0.29, 0.717) is 6.42 Å². The average Bonchev–Trinajstić information content (AvgIpc) is 2.46. The fraction of sp³-hybridized carbons (Fsp3) is 0.538. The first-order valence-corrected chi connectivity index (χ1v) is 10.5. The lowest BCUT2D eigenvalue weighted by Crippen LogP contribution is -2.43. The number of benzene rings is 1. The second-order valence-electron chi connectivity index (χ2n) is 4.99. The Kier molecular flexibility index (Phi) is 4.97. The van der Waals surface area contributed by atoms with Gasteiger partial charge in [0, 0.05) is 19.0 Å². The Labute approximate surface area is 130 Å². The van der Waals surface area contributed by atoms with Gasteiger partial charge in [-0.1, -0.05) is 19.1 Å². The molecule has 1 fully saturated rings. The van der Waals surface area contributed by atoms with Gasteiger partial charge < -0.3 is 0 Å². The van der Waals surface area contributed by atoms with Crippen molar-refractivity contribution in [3.05, 3.63) is 29.3 Å². The smallest absolute Gasteiger partial charge is 0.229 e. The van der Waals surface area contributed by atoms with Gasteiger partial charge in [-0.25, -0.2) is 16.8 Å². The maximum atomic E-state index is 12.7. The summed E-state index contributed by atoms with van der Waals surface area (Å²) in [6, 6.07) is 5.17. The molecule has 1 aliphatic rings. The van der Waals surface area contributed by atoms with Gasteiger partial charge in [-0.2, -0.15) is 4.31 Å². The van der Waals surface area contributed by atoms with E-state index in [-0.39, 0.29) is 35.4 Å². The molecule has 0 aliphatic carbocycles. The van der Waals surface area contributed by atoms with Crippen LogP contribution in [0.25, 0.3) is 0 Å². The van der Waals surface area contributed by atoms with E-state index in [9.17, 15) is 16.8 Å². The first-order valence-electron chi connectivity index (χ1n) is 6.68. The highest BCUT2D eigenvalue weighted by molar-refractivity contribution is 7.92. The quantitative estimate of drug-likeness (QED) is 0.769. The lowest BCUT2D eigenvalue weighted by molar-refractivity contribution is 0.430. The molecule has 1 aliphatic heterocycles. The summed E-state index contributed by atoms with van der Waals surface area (Å²) in [7, 11) is -6.79. The van der Waals surface area contributed by atoms with Crippen LogP contribution in [0.3, 0.4) is 0 Å². The van der Waals surface area contributed by atoms with E-state index in [4.69, 9.17) is 11.6 Å². The van der Waals surface area contributed by atoms with E-state index in [2.05, 4.69) is 0 Å². The van der Waals surface area contributed by atoms with Crippen molar-refractivity contribution in [3.63, 3.8) is 0 Å². The number of sulfonamides is 1. The largest absolute Gasteiger partial charge is 0.243 e. The van der Waals surface area contributed by atoms with Crippen LogP contribution in [0.1, 0.15) is 18.1 Å². The standard InChI is InChI=1S/C13H18ClNO4S2/c1-2-12-4-3-11(10-14)9-13(12)21(18,19)15-5-7-20(16,17)8-6-15/h3-4,9H,2,5-8,10H2,1H3. The Morgan fingerprint density at radius 2 is 1.86 bits per heavy atom. The van der Waals surface area contributed by atoms with Crippen LogP contribution in [0.4, 0.5) is 0 Å². The summed E-state index contributed by atoms with van der Waals surface area (Å²) in [5, 5.41) is 0. The highest BCUT2D eigenvalue weighted by Gasteiger charge is 2.32. The van der Waals surface area contributed by atoms with Crippen molar-refractivity contribution in [1.82, 2.24) is 4.31 Å². The lowest BCUT2D eigenvalue weighted by Gasteiger charge is -2.27. The van der Waals surface area contributed by atoms with E-state index in [1.807, 2.05) is 13.0 Å². The number of aryl methyl sites for hydroxylation is 1. The van der Waals surface area contributed by atoms with Crippen molar-refractivity contribution in [2.45, 2.75) is 24.1 Å². The molecule has 0 aromatic heterocycles. The van der Waals surface area contributed by atoms with Crippen LogP contribution in [0, 0.1) is 0 Å². The van der Waals surface area contributed by atoms with Gasteiger partial charge >= 0.3 is 0 Å². The molecule has 8 heteroatoms. The fourth-order valence-corrected chi connectivity index (χ4v) is 5.67. The number of hydrogen-bond acceptors (Lipinski definition) is 4. The molecule has 5 nitrogen and oxygen atoms in total. The summed E-state index contributed by atoms with van der Waals surface area (Å²) >= 11 is 5.78. The zero-order valence-electron chi connectivity index (χ0n) is 11.7. The summed E-state index contributed by atoms with van der Waals surface area (Å²) in [5.74, 6) is -0.00728. The normalized spacial score (nSPS) is 19.5. The molecule has 118 valence electrons. The van der Waals surface area contributed by atoms with Gasteiger partial charge in [0.1, 0.15) is 0 Å². The monoisotopic (exact) mass is 351 g/mol. The van der Waals surface area contributed by atoms with Crippen LogP contribution in [-0.2, 0) is 32.2 Å². The zero-order chi connectivity index (χ0) is 15.7. The molecule has 1 saturated heterocycles. The van der Waals surface area contributed by atoms with Crippen molar-refractivity contribution in [2.75, 3.05) is 24.6 Å². The molecule has 0 unspecified atom stereocenters. The van der Waals surface area contributed by atoms with Gasteiger partial charge in [0.2, 0.25) is 10.0 Å². The summed E-state index contributed by atoms with van der Waals surface area (Å²) < 4.78 is 49.6. The summed E-state index contributed by atoms with van der Waals surface area (Å²) in [6.45, 7) is 1.91. The Morgan fingerprint density at radius 3 is 2.38 bits per heavy atom. The molecule has 0 radical (unpaired) electrons. The van der Waals surface area contributed by atoms with Gasteiger partial charge in [-0.3, -0.25) is 0 Å². The molecular weight excluding hydrogens is 334 g/mol. The average molecular weight is 352 g/mol. The molecule has 1 aromatic rings. The fourth-order valence-electron chi connectivity index (χ4n) is 2.29. The van der Waals surface area contributed by atoms with E-state index in [1.54, 1.807) is 12.1 Å². The van der Waals surface area contributed by atoms with Crippen molar-refractivity contribution >= 4 is 31.5 Å². The number of halogens is 1. The van der Waals surface area contributed by atoms with Crippen LogP contribution < -0.4 is 0 Å². The third-order valence-corrected chi connectivity index (χ3v) is 7.49. The van der Waals surface area contributed by atoms with Gasteiger partial charge in [-0.05, 0) is 23.6 Å². The van der Waals surface area contributed by atoms with Crippen LogP contribution >= 0.6 is 11.6 Å². The predicted octanol–water partition coefficient (Wildman–Crippen LogP) is 1.41. The van der Waals surface area contributed by atoms with Crippen molar-refractivity contribution in [2.24, 2.45) is 0 Å². The number of nitrogens with zero attached hydrogens (tertiary/aromatic N) is 1. The van der Waals surface area contributed by atoms with Gasteiger partial charge in [0.15, 0.2) is 9.84 Å². The minimum absolute atomic E-state index is 0.0128. The molecule has 0 N–H and O–H groups in total. The SMILES string of the molecule is CCc1ccc(CCl)cc1S(=O)(=O)N1CCS(=O)(=O)CC1. The van der Waals surface area contributed by atoms with Gasteiger partial charge in [0.25, 0.3) is 0 Å². The van der Waals surface area contributed by atoms with Gasteiger partial charge in [0.05, 0.1) is 16.4 Å². The Balaban J connectivity index is 2.40. The number of hydrogen-bond donors (Lipinski definition) is 0. The maximum absolute atomic E-state index is 12.7. The second kappa shape index (κ2) is 6.24. The van der Waals surface area contributed by atoms with Crippen LogP contribution in [0.15, 0.2) is 23.1 Å². The summed E-state index contributed by atoms with van der Waals surface area (Å²) in [4.78, 5) is 0.238. The number of rotatable bonds is 4. The molecule has 2 rings (SSSR count). The summed E-state index contributed by atoms with van der Waals surface area (Å²) in [6.07, 6.45) is 0.587. The van der Waals surface area contributed by atoms with Crippen LogP contribution in [0.5, 0.6) is 0 Å². The Bertz CT molecular complexity index is 715. The van der Waals surface area contributed by atoms with E-state index in [0.717, 1.165) is 11.1 Å². The van der Waals surface area contributed by atoms with Crippen LogP contribution in [0.2, 0.25) is 0 Å². The molecule has 1 heterocycles. The minimum atomic E-state index is -3.68. The first-order chi connectivity index (χ1) is 9.80. The second-order valence-corrected chi connectivity index (χ2v) is 9.46. The number of sulfone groups is 1. The Hall–Kier alpha value is -0.630.